The lowest BCUT2D eigenvalue weighted by Crippen LogP contribution is -2.29. The highest BCUT2D eigenvalue weighted by Gasteiger charge is 2.31. The lowest BCUT2D eigenvalue weighted by Gasteiger charge is -2.18. The maximum atomic E-state index is 12.5. The Morgan fingerprint density at radius 2 is 2.29 bits per heavy atom. The highest BCUT2D eigenvalue weighted by Crippen LogP contribution is 2.37. The van der Waals surface area contributed by atoms with Gasteiger partial charge in [-0.05, 0) is 30.2 Å². The van der Waals surface area contributed by atoms with Crippen molar-refractivity contribution in [2.45, 2.75) is 19.8 Å². The molecule has 1 fully saturated rings. The number of thiocarbonyl (C=S) groups is 1. The molecule has 2 aliphatic rings. The molecule has 0 saturated carbocycles. The van der Waals surface area contributed by atoms with E-state index in [0.29, 0.717) is 28.1 Å². The van der Waals surface area contributed by atoms with Crippen LogP contribution in [0.2, 0.25) is 0 Å². The molecular weight excluding hydrogens is 342 g/mol. The number of ether oxygens (including phenoxy) is 2. The molecule has 2 heterocycles. The maximum absolute atomic E-state index is 12.5. The van der Waals surface area contributed by atoms with Gasteiger partial charge in [0.25, 0.3) is 5.91 Å². The van der Waals surface area contributed by atoms with Gasteiger partial charge in [-0.25, -0.2) is 0 Å². The van der Waals surface area contributed by atoms with Crippen molar-refractivity contribution in [3.63, 3.8) is 0 Å². The van der Waals surface area contributed by atoms with Crippen molar-refractivity contribution in [1.29, 1.82) is 0 Å². The summed E-state index contributed by atoms with van der Waals surface area (Å²) in [5, 5.41) is 0. The minimum Gasteiger partial charge on any atom is -0.493 e. The second-order valence-corrected chi connectivity index (χ2v) is 7.25. The number of hydrogen-bond donors (Lipinski definition) is 0. The number of para-hydroxylation sites is 1. The van der Waals surface area contributed by atoms with Crippen molar-refractivity contribution in [2.75, 3.05) is 20.3 Å². The molecule has 0 bridgehead atoms. The number of rotatable bonds is 5. The van der Waals surface area contributed by atoms with Crippen molar-refractivity contribution in [2.24, 2.45) is 0 Å². The molecule has 1 amide bonds. The summed E-state index contributed by atoms with van der Waals surface area (Å²) in [6.07, 6.45) is 5.90. The number of methoxy groups -OCH3 is 1. The summed E-state index contributed by atoms with van der Waals surface area (Å²) < 4.78 is 11.8. The largest absolute Gasteiger partial charge is 0.493 e. The number of unbranched alkanes of at least 4 members (excludes halogenated alkanes) is 1. The van der Waals surface area contributed by atoms with E-state index >= 15 is 0 Å². The van der Waals surface area contributed by atoms with Crippen molar-refractivity contribution >= 4 is 40.3 Å². The fourth-order valence-corrected chi connectivity index (χ4v) is 3.94. The van der Waals surface area contributed by atoms with E-state index in [2.05, 4.69) is 6.92 Å². The summed E-state index contributed by atoms with van der Waals surface area (Å²) in [6.45, 7) is 3.20. The van der Waals surface area contributed by atoms with Crippen LogP contribution in [0.3, 0.4) is 0 Å². The van der Waals surface area contributed by atoms with Gasteiger partial charge in [-0.2, -0.15) is 0 Å². The Kier molecular flexibility index (Phi) is 5.26. The third-order valence-corrected chi connectivity index (χ3v) is 5.26. The number of thioether (sulfide) groups is 1. The van der Waals surface area contributed by atoms with Gasteiger partial charge in [0.2, 0.25) is 0 Å². The zero-order valence-corrected chi connectivity index (χ0v) is 15.3. The fraction of sp³-hybridized carbons (Fsp3) is 0.333. The molecule has 0 atom stereocenters. The Morgan fingerprint density at radius 1 is 1.46 bits per heavy atom. The molecule has 1 aromatic carbocycles. The zero-order chi connectivity index (χ0) is 17.1. The molecule has 1 saturated heterocycles. The molecule has 0 unspecified atom stereocenters. The van der Waals surface area contributed by atoms with Crippen molar-refractivity contribution < 1.29 is 14.3 Å². The zero-order valence-electron chi connectivity index (χ0n) is 13.7. The van der Waals surface area contributed by atoms with Crippen LogP contribution in [0.15, 0.2) is 34.8 Å². The number of fused-ring (bicyclic) bond motifs is 1. The molecule has 4 nitrogen and oxygen atoms in total. The predicted octanol–water partition coefficient (Wildman–Crippen LogP) is 4.02. The van der Waals surface area contributed by atoms with Crippen LogP contribution in [0.1, 0.15) is 25.3 Å². The van der Waals surface area contributed by atoms with E-state index in [0.717, 1.165) is 29.7 Å². The number of benzene rings is 1. The van der Waals surface area contributed by atoms with Crippen LogP contribution in [0.5, 0.6) is 11.5 Å². The number of amides is 1. The summed E-state index contributed by atoms with van der Waals surface area (Å²) in [5.41, 5.74) is 1.90. The van der Waals surface area contributed by atoms with Gasteiger partial charge in [-0.3, -0.25) is 9.69 Å². The van der Waals surface area contributed by atoms with Gasteiger partial charge in [0.1, 0.15) is 10.9 Å². The van der Waals surface area contributed by atoms with Gasteiger partial charge in [-0.1, -0.05) is 49.5 Å². The first kappa shape index (κ1) is 17.0. The average Bonchev–Trinajstić information content (AvgIpc) is 2.85. The SMILES string of the molecule is CCCCN1C(=O)C(=CC2=Cc3cccc(OC)c3OC2)SC1=S. The van der Waals surface area contributed by atoms with Gasteiger partial charge in [0.05, 0.1) is 12.0 Å². The van der Waals surface area contributed by atoms with E-state index in [4.69, 9.17) is 21.7 Å². The minimum absolute atomic E-state index is 0.00390. The Labute approximate surface area is 151 Å². The van der Waals surface area contributed by atoms with E-state index < -0.39 is 0 Å². The first-order valence-corrected chi connectivity index (χ1v) is 9.12. The topological polar surface area (TPSA) is 38.8 Å². The summed E-state index contributed by atoms with van der Waals surface area (Å²) in [6, 6.07) is 5.76. The van der Waals surface area contributed by atoms with E-state index in [1.807, 2.05) is 30.4 Å². The Morgan fingerprint density at radius 3 is 3.04 bits per heavy atom. The maximum Gasteiger partial charge on any atom is 0.266 e. The molecule has 2 aliphatic heterocycles. The molecule has 1 aromatic rings. The molecule has 0 N–H and O–H groups in total. The van der Waals surface area contributed by atoms with E-state index in [9.17, 15) is 4.79 Å². The Bertz CT molecular complexity index is 740. The smallest absolute Gasteiger partial charge is 0.266 e. The summed E-state index contributed by atoms with van der Waals surface area (Å²) >= 11 is 6.69. The van der Waals surface area contributed by atoms with E-state index in [1.54, 1.807) is 12.0 Å². The van der Waals surface area contributed by atoms with Gasteiger partial charge in [-0.15, -0.1) is 0 Å². The van der Waals surface area contributed by atoms with Gasteiger partial charge >= 0.3 is 0 Å². The molecule has 3 rings (SSSR count). The monoisotopic (exact) mass is 361 g/mol. The molecule has 0 aromatic heterocycles. The first-order valence-electron chi connectivity index (χ1n) is 7.89. The normalized spacial score (nSPS) is 18.5. The molecule has 126 valence electrons. The van der Waals surface area contributed by atoms with Crippen LogP contribution in [0.4, 0.5) is 0 Å². The fourth-order valence-electron chi connectivity index (χ4n) is 2.62. The van der Waals surface area contributed by atoms with Crippen LogP contribution in [0, 0.1) is 0 Å². The summed E-state index contributed by atoms with van der Waals surface area (Å²) in [7, 11) is 1.62. The van der Waals surface area contributed by atoms with Gasteiger partial charge < -0.3 is 9.47 Å². The van der Waals surface area contributed by atoms with Crippen LogP contribution >= 0.6 is 24.0 Å². The standard InChI is InChI=1S/C18H19NO3S2/c1-3-4-8-19-17(20)15(24-18(19)23)10-12-9-13-6-5-7-14(21-2)16(13)22-11-12/h5-7,9-10H,3-4,8,11H2,1-2H3. The predicted molar refractivity (Wildman–Crippen MR) is 101 cm³/mol. The lowest BCUT2D eigenvalue weighted by molar-refractivity contribution is -0.122. The minimum atomic E-state index is -0.00390. The van der Waals surface area contributed by atoms with E-state index in [-0.39, 0.29) is 5.91 Å². The molecule has 0 aliphatic carbocycles. The third kappa shape index (κ3) is 3.35. The highest BCUT2D eigenvalue weighted by molar-refractivity contribution is 8.26. The highest BCUT2D eigenvalue weighted by atomic mass is 32.2. The molecule has 6 heteroatoms. The second kappa shape index (κ2) is 7.40. The Hall–Kier alpha value is -1.79. The van der Waals surface area contributed by atoms with Crippen LogP contribution in [-0.4, -0.2) is 35.4 Å². The van der Waals surface area contributed by atoms with Gasteiger partial charge in [0, 0.05) is 12.1 Å². The quantitative estimate of drug-likeness (QED) is 0.585. The average molecular weight is 361 g/mol. The molecular formula is C18H19NO3S2. The van der Waals surface area contributed by atoms with Crippen molar-refractivity contribution in [3.05, 3.63) is 40.3 Å². The molecule has 0 radical (unpaired) electrons. The van der Waals surface area contributed by atoms with Crippen molar-refractivity contribution in [3.8, 4) is 11.5 Å². The van der Waals surface area contributed by atoms with Crippen LogP contribution < -0.4 is 9.47 Å². The van der Waals surface area contributed by atoms with Gasteiger partial charge in [0.15, 0.2) is 11.5 Å². The number of nitrogens with zero attached hydrogens (tertiary/aromatic N) is 1. The summed E-state index contributed by atoms with van der Waals surface area (Å²) in [5.74, 6) is 1.46. The first-order chi connectivity index (χ1) is 11.6. The van der Waals surface area contributed by atoms with Crippen LogP contribution in [0.25, 0.3) is 6.08 Å². The number of carbonyl (C=O) groups excluding carboxylic acids is 1. The second-order valence-electron chi connectivity index (χ2n) is 5.57. The number of hydrogen-bond acceptors (Lipinski definition) is 5. The third-order valence-electron chi connectivity index (χ3n) is 3.88. The van der Waals surface area contributed by atoms with Crippen molar-refractivity contribution in [1.82, 2.24) is 4.90 Å². The Balaban J connectivity index is 1.83. The number of carbonyl (C=O) groups is 1. The lowest BCUT2D eigenvalue weighted by atomic mass is 10.1. The van der Waals surface area contributed by atoms with Crippen LogP contribution in [-0.2, 0) is 4.79 Å². The molecule has 24 heavy (non-hydrogen) atoms. The van der Waals surface area contributed by atoms with E-state index in [1.165, 1.54) is 11.8 Å². The molecule has 0 spiro atoms. The summed E-state index contributed by atoms with van der Waals surface area (Å²) in [4.78, 5) is 14.9.